The van der Waals surface area contributed by atoms with Gasteiger partial charge in [0.25, 0.3) is 0 Å². The van der Waals surface area contributed by atoms with Crippen LogP contribution in [0.2, 0.25) is 0 Å². The number of hydrogen-bond acceptors (Lipinski definition) is 5. The van der Waals surface area contributed by atoms with Gasteiger partial charge in [-0.05, 0) is 54.7 Å². The topological polar surface area (TPSA) is 68.0 Å². The molecule has 0 aliphatic carbocycles. The lowest BCUT2D eigenvalue weighted by molar-refractivity contribution is -0.121. The molecular weight excluding hydrogens is 432 g/mol. The van der Waals surface area contributed by atoms with E-state index in [1.807, 2.05) is 28.4 Å². The molecule has 3 heterocycles. The molecule has 0 bridgehead atoms. The van der Waals surface area contributed by atoms with Crippen LogP contribution in [0.4, 0.5) is 5.82 Å². The monoisotopic (exact) mass is 464 g/mol. The number of amides is 1. The van der Waals surface area contributed by atoms with E-state index in [9.17, 15) is 4.79 Å². The summed E-state index contributed by atoms with van der Waals surface area (Å²) < 4.78 is 4.49. The zero-order chi connectivity index (χ0) is 23.6. The van der Waals surface area contributed by atoms with Crippen LogP contribution in [0.3, 0.4) is 0 Å². The first-order chi connectivity index (χ1) is 15.7. The number of rotatable bonds is 5. The third-order valence-corrected chi connectivity index (χ3v) is 6.66. The lowest BCUT2D eigenvalue weighted by atomic mass is 9.87. The van der Waals surface area contributed by atoms with Crippen LogP contribution in [-0.4, -0.2) is 43.2 Å². The zero-order valence-corrected chi connectivity index (χ0v) is 20.6. The SMILES string of the molecule is Cn1c(-c2ccc(C(C)(C)C)cc2)nn(CN2CCCC(C(=O)Nc3ccccn3)C2)c1=S. The maximum Gasteiger partial charge on any atom is 0.229 e. The Hall–Kier alpha value is -2.84. The van der Waals surface area contributed by atoms with Crippen LogP contribution in [-0.2, 0) is 23.9 Å². The summed E-state index contributed by atoms with van der Waals surface area (Å²) in [5, 5.41) is 7.76. The molecule has 0 radical (unpaired) electrons. The summed E-state index contributed by atoms with van der Waals surface area (Å²) in [7, 11) is 1.96. The minimum Gasteiger partial charge on any atom is -0.310 e. The smallest absolute Gasteiger partial charge is 0.229 e. The Morgan fingerprint density at radius 1 is 1.18 bits per heavy atom. The molecule has 0 saturated carbocycles. The van der Waals surface area contributed by atoms with Crippen LogP contribution in [0, 0.1) is 10.7 Å². The molecule has 1 aliphatic heterocycles. The van der Waals surface area contributed by atoms with Crippen molar-refractivity contribution in [1.29, 1.82) is 0 Å². The highest BCUT2D eigenvalue weighted by Crippen LogP contribution is 2.26. The minimum atomic E-state index is -0.0805. The van der Waals surface area contributed by atoms with Gasteiger partial charge >= 0.3 is 0 Å². The van der Waals surface area contributed by atoms with E-state index in [1.54, 1.807) is 12.3 Å². The van der Waals surface area contributed by atoms with Crippen molar-refractivity contribution in [3.63, 3.8) is 0 Å². The van der Waals surface area contributed by atoms with Crippen LogP contribution in [0.5, 0.6) is 0 Å². The van der Waals surface area contributed by atoms with E-state index in [2.05, 4.69) is 60.2 Å². The third-order valence-electron chi connectivity index (χ3n) is 6.18. The summed E-state index contributed by atoms with van der Waals surface area (Å²) >= 11 is 5.68. The van der Waals surface area contributed by atoms with Gasteiger partial charge < -0.3 is 9.88 Å². The van der Waals surface area contributed by atoms with Gasteiger partial charge in [-0.15, -0.1) is 0 Å². The lowest BCUT2D eigenvalue weighted by Crippen LogP contribution is -2.41. The fraction of sp³-hybridized carbons (Fsp3) is 0.440. The lowest BCUT2D eigenvalue weighted by Gasteiger charge is -2.31. The van der Waals surface area contributed by atoms with Crippen LogP contribution in [0.1, 0.15) is 39.2 Å². The van der Waals surface area contributed by atoms with Crippen molar-refractivity contribution in [2.75, 3.05) is 18.4 Å². The second kappa shape index (κ2) is 9.57. The standard InChI is InChI=1S/C25H32N6OS/c1-25(2,3)20-12-10-18(11-13-20)22-28-31(24(33)29(22)4)17-30-15-7-8-19(16-30)23(32)27-21-9-5-6-14-26-21/h5-6,9-14,19H,7-8,15-17H2,1-4H3,(H,26,27,32). The molecule has 1 atom stereocenters. The maximum atomic E-state index is 12.7. The summed E-state index contributed by atoms with van der Waals surface area (Å²) in [4.78, 5) is 19.2. The largest absolute Gasteiger partial charge is 0.310 e. The molecule has 1 saturated heterocycles. The number of likely N-dealkylation sites (tertiary alicyclic amines) is 1. The number of anilines is 1. The molecule has 174 valence electrons. The van der Waals surface area contributed by atoms with E-state index in [0.717, 1.165) is 30.8 Å². The number of carbonyl (C=O) groups excluding carboxylic acids is 1. The van der Waals surface area contributed by atoms with E-state index in [4.69, 9.17) is 17.3 Å². The Bertz CT molecular complexity index is 1160. The number of nitrogens with one attached hydrogen (secondary N) is 1. The highest BCUT2D eigenvalue weighted by molar-refractivity contribution is 7.71. The van der Waals surface area contributed by atoms with Gasteiger partial charge in [0.05, 0.1) is 12.6 Å². The van der Waals surface area contributed by atoms with E-state index in [-0.39, 0.29) is 17.2 Å². The molecule has 1 aliphatic rings. The number of piperidine rings is 1. The Kier molecular flexibility index (Phi) is 6.76. The maximum absolute atomic E-state index is 12.7. The number of nitrogens with zero attached hydrogens (tertiary/aromatic N) is 5. The minimum absolute atomic E-state index is 0.0163. The van der Waals surface area contributed by atoms with Crippen LogP contribution >= 0.6 is 12.2 Å². The molecule has 4 rings (SSSR count). The summed E-state index contributed by atoms with van der Waals surface area (Å²) in [5.74, 6) is 1.38. The van der Waals surface area contributed by atoms with Crippen molar-refractivity contribution in [2.24, 2.45) is 13.0 Å². The van der Waals surface area contributed by atoms with E-state index >= 15 is 0 Å². The van der Waals surface area contributed by atoms with Gasteiger partial charge in [-0.1, -0.05) is 51.1 Å². The fourth-order valence-corrected chi connectivity index (χ4v) is 4.39. The second-order valence-corrected chi connectivity index (χ2v) is 10.1. The van der Waals surface area contributed by atoms with Crippen LogP contribution in [0.15, 0.2) is 48.7 Å². The van der Waals surface area contributed by atoms with E-state index < -0.39 is 0 Å². The van der Waals surface area contributed by atoms with Crippen molar-refractivity contribution in [2.45, 2.75) is 45.7 Å². The number of aromatic nitrogens is 4. The van der Waals surface area contributed by atoms with Crippen LogP contribution < -0.4 is 5.32 Å². The quantitative estimate of drug-likeness (QED) is 0.558. The predicted octanol–water partition coefficient (Wildman–Crippen LogP) is 4.62. The molecule has 1 N–H and O–H groups in total. The van der Waals surface area contributed by atoms with Gasteiger partial charge in [-0.2, -0.15) is 5.10 Å². The van der Waals surface area contributed by atoms with Crippen molar-refractivity contribution in [3.8, 4) is 11.4 Å². The molecule has 1 aromatic carbocycles. The molecule has 3 aromatic rings. The number of hydrogen-bond donors (Lipinski definition) is 1. The van der Waals surface area contributed by atoms with Gasteiger partial charge in [0.1, 0.15) is 5.82 Å². The molecule has 0 spiro atoms. The molecule has 1 amide bonds. The first kappa shape index (κ1) is 23.3. The molecule has 2 aromatic heterocycles. The second-order valence-electron chi connectivity index (χ2n) is 9.75. The summed E-state index contributed by atoms with van der Waals surface area (Å²) in [6, 6.07) is 14.1. The molecule has 33 heavy (non-hydrogen) atoms. The summed E-state index contributed by atoms with van der Waals surface area (Å²) in [5.41, 5.74) is 2.44. The van der Waals surface area contributed by atoms with Gasteiger partial charge in [0.15, 0.2) is 10.6 Å². The van der Waals surface area contributed by atoms with Gasteiger partial charge in [0.2, 0.25) is 5.91 Å². The van der Waals surface area contributed by atoms with Crippen molar-refractivity contribution in [3.05, 3.63) is 59.0 Å². The zero-order valence-electron chi connectivity index (χ0n) is 19.8. The van der Waals surface area contributed by atoms with Gasteiger partial charge in [-0.3, -0.25) is 9.69 Å². The Morgan fingerprint density at radius 2 is 1.94 bits per heavy atom. The Morgan fingerprint density at radius 3 is 2.61 bits per heavy atom. The number of benzene rings is 1. The van der Waals surface area contributed by atoms with Gasteiger partial charge in [-0.25, -0.2) is 9.67 Å². The molecule has 1 fully saturated rings. The normalized spacial score (nSPS) is 17.2. The molecule has 7 nitrogen and oxygen atoms in total. The third kappa shape index (κ3) is 5.39. The average molecular weight is 465 g/mol. The highest BCUT2D eigenvalue weighted by Gasteiger charge is 2.27. The molecule has 8 heteroatoms. The Labute approximate surface area is 200 Å². The van der Waals surface area contributed by atoms with E-state index in [0.29, 0.717) is 23.8 Å². The van der Waals surface area contributed by atoms with Gasteiger partial charge in [0, 0.05) is 25.4 Å². The predicted molar refractivity (Wildman–Crippen MR) is 133 cm³/mol. The molecular formula is C25H32N6OS. The first-order valence-electron chi connectivity index (χ1n) is 11.4. The van der Waals surface area contributed by atoms with Crippen molar-refractivity contribution < 1.29 is 4.79 Å². The fourth-order valence-electron chi connectivity index (χ4n) is 4.20. The van der Waals surface area contributed by atoms with Crippen molar-refractivity contribution >= 4 is 23.9 Å². The number of pyridine rings is 1. The van der Waals surface area contributed by atoms with Crippen LogP contribution in [0.25, 0.3) is 11.4 Å². The first-order valence-corrected chi connectivity index (χ1v) is 11.8. The summed E-state index contributed by atoms with van der Waals surface area (Å²) in [6.45, 7) is 8.79. The molecule has 1 unspecified atom stereocenters. The highest BCUT2D eigenvalue weighted by atomic mass is 32.1. The van der Waals surface area contributed by atoms with Crippen molar-refractivity contribution in [1.82, 2.24) is 24.2 Å². The Balaban J connectivity index is 1.46. The van der Waals surface area contributed by atoms with E-state index in [1.165, 1.54) is 5.56 Å². The summed E-state index contributed by atoms with van der Waals surface area (Å²) in [6.07, 6.45) is 3.51. The number of carbonyl (C=O) groups is 1. The average Bonchev–Trinajstić information content (AvgIpc) is 3.08.